The number of hydrogen-bond acceptors (Lipinski definition) is 7. The zero-order valence-electron chi connectivity index (χ0n) is 15.3. The van der Waals surface area contributed by atoms with Crippen molar-refractivity contribution in [1.29, 1.82) is 0 Å². The number of esters is 1. The van der Waals surface area contributed by atoms with Crippen molar-refractivity contribution in [2.24, 2.45) is 0 Å². The van der Waals surface area contributed by atoms with Gasteiger partial charge in [-0.1, -0.05) is 0 Å². The molecule has 0 radical (unpaired) electrons. The molecule has 1 aliphatic rings. The fraction of sp³-hybridized carbons (Fsp3) is 0.353. The molecule has 4 heterocycles. The summed E-state index contributed by atoms with van der Waals surface area (Å²) in [5, 5.41) is 4.22. The Hall–Kier alpha value is -2.75. The van der Waals surface area contributed by atoms with E-state index in [0.29, 0.717) is 23.0 Å². The summed E-state index contributed by atoms with van der Waals surface area (Å²) in [6, 6.07) is 1.61. The van der Waals surface area contributed by atoms with E-state index in [1.807, 2.05) is 31.9 Å². The standard InChI is InChI=1S/C17H18BrN7O2/c1-8-13(9(2)25-17(24(8)4)20-7-21-25)16(26)27-10(3)14-22-12-5-11(18)6-19-15(12)23-14/h5-7,9-10H,1-4H3,(H,19,22,23)/t9-,10+/m1/s1. The van der Waals surface area contributed by atoms with Crippen LogP contribution in [0.15, 0.2) is 34.3 Å². The maximum atomic E-state index is 12.9. The monoisotopic (exact) mass is 431 g/mol. The average molecular weight is 432 g/mol. The van der Waals surface area contributed by atoms with Gasteiger partial charge in [-0.2, -0.15) is 10.1 Å². The van der Waals surface area contributed by atoms with Crippen molar-refractivity contribution in [3.63, 3.8) is 0 Å². The third-order valence-electron chi connectivity index (χ3n) is 4.74. The van der Waals surface area contributed by atoms with Crippen LogP contribution in [-0.4, -0.2) is 42.7 Å². The van der Waals surface area contributed by atoms with Crippen molar-refractivity contribution in [1.82, 2.24) is 29.7 Å². The molecule has 0 spiro atoms. The second-order valence-electron chi connectivity index (χ2n) is 6.43. The Labute approximate surface area is 163 Å². The molecule has 4 rings (SSSR count). The highest BCUT2D eigenvalue weighted by Crippen LogP contribution is 2.33. The van der Waals surface area contributed by atoms with E-state index in [-0.39, 0.29) is 6.04 Å². The second kappa shape index (κ2) is 6.45. The molecule has 0 saturated heterocycles. The average Bonchev–Trinajstić information content (AvgIpc) is 3.26. The minimum Gasteiger partial charge on any atom is -0.451 e. The number of allylic oxidation sites excluding steroid dienone is 1. The molecule has 0 unspecified atom stereocenters. The van der Waals surface area contributed by atoms with Crippen LogP contribution >= 0.6 is 15.9 Å². The third-order valence-corrected chi connectivity index (χ3v) is 5.18. The number of imidazole rings is 1. The maximum Gasteiger partial charge on any atom is 0.338 e. The van der Waals surface area contributed by atoms with Crippen molar-refractivity contribution >= 4 is 39.0 Å². The Morgan fingerprint density at radius 1 is 1.41 bits per heavy atom. The summed E-state index contributed by atoms with van der Waals surface area (Å²) in [5.74, 6) is 0.828. The number of ether oxygens (including phenoxy) is 1. The van der Waals surface area contributed by atoms with Crippen LogP contribution in [0, 0.1) is 0 Å². The number of hydrogen-bond donors (Lipinski definition) is 1. The van der Waals surface area contributed by atoms with E-state index in [9.17, 15) is 4.79 Å². The summed E-state index contributed by atoms with van der Waals surface area (Å²) in [7, 11) is 1.85. The Kier molecular flexibility index (Phi) is 4.22. The Bertz CT molecular complexity index is 1070. The zero-order chi connectivity index (χ0) is 19.3. The minimum atomic E-state index is -0.555. The molecular formula is C17H18BrN7O2. The highest BCUT2D eigenvalue weighted by Gasteiger charge is 2.33. The van der Waals surface area contributed by atoms with E-state index in [0.717, 1.165) is 15.7 Å². The highest BCUT2D eigenvalue weighted by molar-refractivity contribution is 9.10. The number of pyridine rings is 1. The molecule has 0 amide bonds. The smallest absolute Gasteiger partial charge is 0.338 e. The SMILES string of the molecule is CC1=C(C(=O)O[C@@H](C)c2nc3ncc(Br)cc3[nH]2)[C@@H](C)n2ncnc2N1C. The highest BCUT2D eigenvalue weighted by atomic mass is 79.9. The van der Waals surface area contributed by atoms with Gasteiger partial charge in [0.1, 0.15) is 12.2 Å². The molecule has 3 aromatic heterocycles. The summed E-state index contributed by atoms with van der Waals surface area (Å²) in [5.41, 5.74) is 2.68. The van der Waals surface area contributed by atoms with Crippen LogP contribution in [-0.2, 0) is 9.53 Å². The van der Waals surface area contributed by atoms with Gasteiger partial charge in [0.25, 0.3) is 0 Å². The Morgan fingerprint density at radius 3 is 2.96 bits per heavy atom. The van der Waals surface area contributed by atoms with Crippen LogP contribution in [0.1, 0.15) is 38.7 Å². The summed E-state index contributed by atoms with van der Waals surface area (Å²) in [6.45, 7) is 5.55. The van der Waals surface area contributed by atoms with Gasteiger partial charge >= 0.3 is 5.97 Å². The van der Waals surface area contributed by atoms with Crippen molar-refractivity contribution < 1.29 is 9.53 Å². The Morgan fingerprint density at radius 2 is 2.19 bits per heavy atom. The van der Waals surface area contributed by atoms with E-state index in [4.69, 9.17) is 4.74 Å². The second-order valence-corrected chi connectivity index (χ2v) is 7.35. The van der Waals surface area contributed by atoms with E-state index >= 15 is 0 Å². The lowest BCUT2D eigenvalue weighted by Crippen LogP contribution is -2.33. The number of fused-ring (bicyclic) bond motifs is 2. The Balaban J connectivity index is 1.60. The molecule has 1 aliphatic heterocycles. The number of nitrogens with one attached hydrogen (secondary N) is 1. The van der Waals surface area contributed by atoms with E-state index in [1.54, 1.807) is 17.8 Å². The number of carbonyl (C=O) groups is 1. The lowest BCUT2D eigenvalue weighted by Gasteiger charge is -2.31. The molecule has 0 bridgehead atoms. The molecule has 27 heavy (non-hydrogen) atoms. The lowest BCUT2D eigenvalue weighted by molar-refractivity contribution is -0.144. The van der Waals surface area contributed by atoms with Crippen molar-refractivity contribution in [3.8, 4) is 0 Å². The van der Waals surface area contributed by atoms with E-state index in [1.165, 1.54) is 6.33 Å². The van der Waals surface area contributed by atoms with Crippen LogP contribution in [0.2, 0.25) is 0 Å². The van der Waals surface area contributed by atoms with E-state index in [2.05, 4.69) is 41.0 Å². The van der Waals surface area contributed by atoms with Gasteiger partial charge in [-0.25, -0.2) is 19.4 Å². The van der Waals surface area contributed by atoms with Gasteiger partial charge in [0.2, 0.25) is 5.95 Å². The van der Waals surface area contributed by atoms with Crippen LogP contribution in [0.4, 0.5) is 5.95 Å². The van der Waals surface area contributed by atoms with Gasteiger partial charge in [0, 0.05) is 23.4 Å². The predicted octanol–water partition coefficient (Wildman–Crippen LogP) is 2.90. The van der Waals surface area contributed by atoms with Gasteiger partial charge in [0.15, 0.2) is 11.8 Å². The fourth-order valence-electron chi connectivity index (χ4n) is 3.20. The normalized spacial score (nSPS) is 18.0. The van der Waals surface area contributed by atoms with Gasteiger partial charge in [-0.15, -0.1) is 0 Å². The predicted molar refractivity (Wildman–Crippen MR) is 102 cm³/mol. The van der Waals surface area contributed by atoms with Crippen LogP contribution in [0.25, 0.3) is 11.2 Å². The molecule has 1 N–H and O–H groups in total. The van der Waals surface area contributed by atoms with Crippen molar-refractivity contribution in [3.05, 3.63) is 40.2 Å². The first kappa shape index (κ1) is 17.7. The quantitative estimate of drug-likeness (QED) is 0.635. The number of halogens is 1. The first-order valence-electron chi connectivity index (χ1n) is 8.43. The fourth-order valence-corrected chi connectivity index (χ4v) is 3.53. The lowest BCUT2D eigenvalue weighted by atomic mass is 10.0. The number of anilines is 1. The number of aromatic amines is 1. The summed E-state index contributed by atoms with van der Waals surface area (Å²) in [4.78, 5) is 30.8. The van der Waals surface area contributed by atoms with Crippen LogP contribution < -0.4 is 4.90 Å². The van der Waals surface area contributed by atoms with Crippen LogP contribution in [0.5, 0.6) is 0 Å². The van der Waals surface area contributed by atoms with Gasteiger partial charge in [-0.3, -0.25) is 0 Å². The summed E-state index contributed by atoms with van der Waals surface area (Å²) >= 11 is 3.38. The zero-order valence-corrected chi connectivity index (χ0v) is 16.9. The van der Waals surface area contributed by atoms with Gasteiger partial charge in [0.05, 0.1) is 17.1 Å². The van der Waals surface area contributed by atoms with Gasteiger partial charge < -0.3 is 14.6 Å². The van der Waals surface area contributed by atoms with E-state index < -0.39 is 12.1 Å². The minimum absolute atomic E-state index is 0.272. The van der Waals surface area contributed by atoms with Crippen molar-refractivity contribution in [2.45, 2.75) is 32.9 Å². The number of nitrogens with zero attached hydrogens (tertiary/aromatic N) is 6. The topological polar surface area (TPSA) is 102 Å². The number of carbonyl (C=O) groups excluding carboxylic acids is 1. The first-order valence-corrected chi connectivity index (χ1v) is 9.22. The largest absolute Gasteiger partial charge is 0.451 e. The molecular weight excluding hydrogens is 414 g/mol. The number of rotatable bonds is 3. The molecule has 0 saturated carbocycles. The molecule has 0 aliphatic carbocycles. The first-order chi connectivity index (χ1) is 12.9. The number of aromatic nitrogens is 6. The molecule has 3 aromatic rings. The van der Waals surface area contributed by atoms with Gasteiger partial charge in [-0.05, 0) is 42.8 Å². The molecule has 0 fully saturated rings. The summed E-state index contributed by atoms with van der Waals surface area (Å²) < 4.78 is 8.25. The number of H-pyrrole nitrogens is 1. The molecule has 140 valence electrons. The maximum absolute atomic E-state index is 12.9. The van der Waals surface area contributed by atoms with Crippen molar-refractivity contribution in [2.75, 3.05) is 11.9 Å². The molecule has 0 aromatic carbocycles. The molecule has 10 heteroatoms. The molecule has 9 nitrogen and oxygen atoms in total. The van der Waals surface area contributed by atoms with Crippen LogP contribution in [0.3, 0.4) is 0 Å². The summed E-state index contributed by atoms with van der Waals surface area (Å²) in [6.07, 6.45) is 2.60. The third kappa shape index (κ3) is 2.89. The molecule has 2 atom stereocenters.